The van der Waals surface area contributed by atoms with Gasteiger partial charge in [-0.15, -0.1) is 0 Å². The Morgan fingerprint density at radius 3 is 0.750 bits per heavy atom. The summed E-state index contributed by atoms with van der Waals surface area (Å²) in [4.78, 5) is 113. The molecule has 7 amide bonds. The maximum atomic E-state index is 13.3. The van der Waals surface area contributed by atoms with Gasteiger partial charge in [0, 0.05) is 83.5 Å². The molecule has 7 aromatic carbocycles. The van der Waals surface area contributed by atoms with Gasteiger partial charge in [0.15, 0.2) is 99.7 Å². The van der Waals surface area contributed by atoms with E-state index in [0.29, 0.717) is 5.56 Å². The summed E-state index contributed by atoms with van der Waals surface area (Å²) in [7, 11) is 0. The lowest BCUT2D eigenvalue weighted by Crippen LogP contribution is -2.45. The van der Waals surface area contributed by atoms with Gasteiger partial charge in [-0.05, 0) is 71.5 Å². The molecule has 0 radical (unpaired) electrons. The van der Waals surface area contributed by atoms with E-state index in [9.17, 15) is 247 Å². The van der Waals surface area contributed by atoms with Crippen LogP contribution in [0.1, 0.15) is 99.9 Å². The van der Waals surface area contributed by atoms with E-state index >= 15 is 0 Å². The zero-order valence-electron chi connectivity index (χ0n) is 68.8. The normalized spacial score (nSPS) is 12.3. The van der Waals surface area contributed by atoms with Crippen molar-refractivity contribution in [3.8, 4) is 0 Å². The second kappa shape index (κ2) is 54.7. The van der Waals surface area contributed by atoms with Crippen LogP contribution in [0.5, 0.6) is 0 Å². The average molecular weight is 2070 g/mol. The van der Waals surface area contributed by atoms with Crippen molar-refractivity contribution in [2.45, 2.75) is 92.4 Å². The van der Waals surface area contributed by atoms with Crippen molar-refractivity contribution in [2.75, 3.05) is 6.61 Å². The first-order valence-corrected chi connectivity index (χ1v) is 34.4. The van der Waals surface area contributed by atoms with Gasteiger partial charge in [-0.2, -0.15) is 65.9 Å². The Kier molecular flexibility index (Phi) is 49.2. The minimum atomic E-state index is -6.16. The van der Waals surface area contributed by atoms with Crippen LogP contribution in [-0.2, 0) is 58.8 Å². The first-order chi connectivity index (χ1) is 63.6. The lowest BCUT2D eigenvalue weighted by atomic mass is 10.1. The van der Waals surface area contributed by atoms with Gasteiger partial charge in [0.2, 0.25) is 64.6 Å². The predicted octanol–water partition coefficient (Wildman–Crippen LogP) is 8.72. The van der Waals surface area contributed by atoms with Crippen LogP contribution in [0.25, 0.3) is 11.5 Å². The third-order valence-electron chi connectivity index (χ3n) is 13.1. The second-order valence-corrected chi connectivity index (χ2v) is 24.1. The Morgan fingerprint density at radius 2 is 0.529 bits per heavy atom. The second-order valence-electron chi connectivity index (χ2n) is 24.1. The molecule has 0 spiro atoms. The summed E-state index contributed by atoms with van der Waals surface area (Å²) in [6.07, 6.45) is -32.6. The van der Waals surface area contributed by atoms with Crippen molar-refractivity contribution in [1.29, 1.82) is 0 Å². The molecule has 0 aliphatic rings. The molecule has 140 heavy (non-hydrogen) atoms. The standard InChI is InChI=1S/C12H3F11O3.C11H4F8O3.C10H8F3NO2.2C9H4F5NO2.C9H8FNO2.C9H9NO2.C4H4F3NO2.C4H7NO2/c13-5-4(6(14)8(16)9(17)7(5)15)2(24)1-3(25)26-10(11(18,19)20)12(21,22)23;12-6-5(7(13)9(15)10(16)8(6)14)3(20)1-4(21)22-2-11(17,18)19;1-6(15)14-9(16)7-2-4-8(5-3-7)10(11,12)13;2*1-2(16)15-9(17)3-4(10)6(12)8(14)7(13)5(3)11;1-6(12)11-9(13)7-2-4-8(10)5-3-7;1-7(11)10-9(12)8-5-3-2-4-6-8;1-2(9)8-3(10)4(5,6)7;1-3(6)5-4(2)7/h1,10,24H;1,20H,2H2;2-5H,1H3,(H,14,15,16);2*1H3,(H,15,16,17);2-5H,1H3,(H,11,12,13);2-6H,1H3,(H,10,11,12);1H3,(H,8,9,10);1-2H3,(H,5,6,7)/p-9. The summed E-state index contributed by atoms with van der Waals surface area (Å²) in [6, 6.07) is 16.8. The molecule has 766 valence electrons. The molecule has 0 heterocycles. The zero-order chi connectivity index (χ0) is 110. The number of benzene rings is 7. The van der Waals surface area contributed by atoms with Gasteiger partial charge in [-0.3, -0.25) is 33.6 Å². The number of alkyl halides is 15. The molecule has 0 saturated heterocycles. The first kappa shape index (κ1) is 126. The highest BCUT2D eigenvalue weighted by Gasteiger charge is 2.60. The zero-order valence-corrected chi connectivity index (χ0v) is 68.8. The minimum absolute atomic E-state index is 0.0526. The summed E-state index contributed by atoms with van der Waals surface area (Å²) >= 11 is 0. The van der Waals surface area contributed by atoms with Crippen molar-refractivity contribution in [2.24, 2.45) is 34.9 Å². The van der Waals surface area contributed by atoms with Crippen LogP contribution in [0.3, 0.4) is 0 Å². The summed E-state index contributed by atoms with van der Waals surface area (Å²) in [6.45, 7) is 6.22. The van der Waals surface area contributed by atoms with E-state index in [1.165, 1.54) is 39.8 Å². The number of carbonyl (C=O) groups excluding carboxylic acids is 9. The van der Waals surface area contributed by atoms with E-state index in [1.54, 1.807) is 30.3 Å². The van der Waals surface area contributed by atoms with Gasteiger partial charge in [0.25, 0.3) is 6.10 Å². The molecular weight excluding hydrogens is 2030 g/mol. The van der Waals surface area contributed by atoms with Crippen LogP contribution in [0, 0.1) is 122 Å². The molecular formula is C77H42F36N7O20-9. The highest BCUT2D eigenvalue weighted by Crippen LogP contribution is 2.37. The molecule has 0 atom stereocenters. The maximum absolute atomic E-state index is 13.3. The molecule has 63 heteroatoms. The smallest absolute Gasteiger partial charge is 0.434 e. The van der Waals surface area contributed by atoms with E-state index in [-0.39, 0.29) is 17.2 Å². The van der Waals surface area contributed by atoms with Gasteiger partial charge in [-0.1, -0.05) is 66.1 Å². The van der Waals surface area contributed by atoms with Crippen LogP contribution < -0.4 is 46.0 Å². The number of aliphatic imine (C=N–C) groups is 7. The number of rotatable bonds is 11. The fourth-order valence-corrected chi connectivity index (χ4v) is 7.67. The number of amides is 7. The number of esters is 2. The number of halogens is 36. The van der Waals surface area contributed by atoms with E-state index in [4.69, 9.17) is 0 Å². The third kappa shape index (κ3) is 42.1. The maximum Gasteiger partial charge on any atom is 0.434 e. The van der Waals surface area contributed by atoms with Crippen molar-refractivity contribution in [3.63, 3.8) is 0 Å². The summed E-state index contributed by atoms with van der Waals surface area (Å²) in [5, 5.41) is 97.5. The topological polar surface area (TPSA) is 466 Å². The Bertz CT molecular complexity index is 5770. The molecule has 0 bridgehead atoms. The fraction of sp³-hybridized carbons (Fsp3) is 0.195. The fourth-order valence-electron chi connectivity index (χ4n) is 7.67. The Balaban J connectivity index is 0. The van der Waals surface area contributed by atoms with Crippen LogP contribution in [-0.4, -0.2) is 132 Å². The van der Waals surface area contributed by atoms with E-state index < -0.39 is 306 Å². The SMILES string of the molecule is CC(=O)N=C(C)[O-].CC(=O)N=C([O-])C(F)(F)F.CC(=O)N=C([O-])c1c(F)c(F)c(F)c(F)c1F.CC(=O)N=C([O-])c1c(F)c(F)c(F)c(F)c1F.CC(=O)N=C([O-])c1ccc(C(F)(F)F)cc1.CC(=O)N=C([O-])c1ccc(F)cc1.CC(=O)N=C([O-])c1ccccc1.O=C(C=C([O-])c1c(F)c(F)c(F)c(F)c1F)OC(C(F)(F)F)C(F)(F)F.O=C(C=C([O-])c1c(F)c(F)c(F)c(F)c1F)OCC(F)(F)F. The highest BCUT2D eigenvalue weighted by molar-refractivity contribution is 6.02. The Morgan fingerprint density at radius 1 is 0.293 bits per heavy atom. The summed E-state index contributed by atoms with van der Waals surface area (Å²) in [5.41, 5.74) is -8.03. The lowest BCUT2D eigenvalue weighted by molar-refractivity contribution is -0.312. The van der Waals surface area contributed by atoms with Gasteiger partial charge in [0.05, 0.1) is 22.6 Å². The van der Waals surface area contributed by atoms with E-state index in [2.05, 4.69) is 44.4 Å². The molecule has 0 aromatic heterocycles. The highest BCUT2D eigenvalue weighted by atomic mass is 19.4. The molecule has 27 nitrogen and oxygen atoms in total. The van der Waals surface area contributed by atoms with Gasteiger partial charge in [-0.25, -0.2) is 137 Å². The number of hydrogen-bond donors (Lipinski definition) is 0. The summed E-state index contributed by atoms with van der Waals surface area (Å²) in [5.74, 6) is -72.6. The van der Waals surface area contributed by atoms with Gasteiger partial charge in [0.1, 0.15) is 5.82 Å². The van der Waals surface area contributed by atoms with Gasteiger partial charge < -0.3 is 55.4 Å². The van der Waals surface area contributed by atoms with Gasteiger partial charge >= 0.3 is 42.8 Å². The molecule has 0 unspecified atom stereocenters. The average Bonchev–Trinajstić information content (AvgIpc) is 0.791. The predicted molar refractivity (Wildman–Crippen MR) is 378 cm³/mol. The first-order valence-electron chi connectivity index (χ1n) is 34.4. The van der Waals surface area contributed by atoms with Crippen molar-refractivity contribution >= 4 is 106 Å². The minimum Gasteiger partial charge on any atom is -0.872 e. The van der Waals surface area contributed by atoms with Crippen LogP contribution in [0.15, 0.2) is 126 Å². The number of ether oxygens (including phenoxy) is 2. The molecule has 0 saturated carbocycles. The molecule has 0 aliphatic heterocycles. The largest absolute Gasteiger partial charge is 0.872 e. The molecule has 7 aromatic rings. The van der Waals surface area contributed by atoms with E-state index in [1.807, 2.05) is 0 Å². The Labute approximate surface area is 752 Å². The monoisotopic (exact) mass is 2070 g/mol. The molecule has 0 N–H and O–H groups in total. The third-order valence-corrected chi connectivity index (χ3v) is 13.1. The molecule has 7 rings (SSSR count). The van der Waals surface area contributed by atoms with Crippen molar-refractivity contribution in [1.82, 2.24) is 0 Å². The van der Waals surface area contributed by atoms with Crippen LogP contribution >= 0.6 is 0 Å². The number of hydrogen-bond acceptors (Lipinski definition) is 20. The Hall–Kier alpha value is -16.0. The van der Waals surface area contributed by atoms with Crippen LogP contribution in [0.2, 0.25) is 0 Å². The lowest BCUT2D eigenvalue weighted by Gasteiger charge is -2.23. The quantitative estimate of drug-likeness (QED) is 0.0171. The van der Waals surface area contributed by atoms with Crippen molar-refractivity contribution < 1.29 is 257 Å². The summed E-state index contributed by atoms with van der Waals surface area (Å²) < 4.78 is 455. The number of carbonyl (C=O) groups is 9. The molecule has 0 fully saturated rings. The van der Waals surface area contributed by atoms with E-state index in [0.717, 1.165) is 64.1 Å². The van der Waals surface area contributed by atoms with Crippen molar-refractivity contribution in [3.05, 3.63) is 258 Å². The number of nitrogens with zero attached hydrogens (tertiary/aromatic N) is 7. The van der Waals surface area contributed by atoms with Crippen LogP contribution in [0.4, 0.5) is 158 Å². The molecule has 0 aliphatic carbocycles.